The zero-order chi connectivity index (χ0) is 10.8. The molecule has 1 aliphatic heterocycles. The van der Waals surface area contributed by atoms with Crippen LogP contribution >= 0.6 is 0 Å². The highest BCUT2D eigenvalue weighted by Gasteiger charge is 2.20. The molecule has 1 fully saturated rings. The van der Waals surface area contributed by atoms with Crippen LogP contribution in [0.3, 0.4) is 0 Å². The summed E-state index contributed by atoms with van der Waals surface area (Å²) in [6.07, 6.45) is 2.26. The Kier molecular flexibility index (Phi) is 2.74. The van der Waals surface area contributed by atoms with Gasteiger partial charge in [-0.2, -0.15) is 10.4 Å². The molecule has 80 valence electrons. The fourth-order valence-corrected chi connectivity index (χ4v) is 2.15. The number of likely N-dealkylation sites (tertiary alicyclic amines) is 1. The van der Waals surface area contributed by atoms with Crippen LogP contribution in [0.5, 0.6) is 0 Å². The summed E-state index contributed by atoms with van der Waals surface area (Å²) >= 11 is 0. The highest BCUT2D eigenvalue weighted by molar-refractivity contribution is 5.22. The molecule has 0 atom stereocenters. The van der Waals surface area contributed by atoms with Gasteiger partial charge in [0.1, 0.15) is 6.07 Å². The molecule has 1 aromatic rings. The van der Waals surface area contributed by atoms with E-state index in [1.54, 1.807) is 0 Å². The number of aryl methyl sites for hydroxylation is 1. The zero-order valence-electron chi connectivity index (χ0n) is 9.27. The molecule has 0 amide bonds. The lowest BCUT2D eigenvalue weighted by atomic mass is 10.1. The van der Waals surface area contributed by atoms with Gasteiger partial charge in [-0.05, 0) is 46.0 Å². The highest BCUT2D eigenvalue weighted by atomic mass is 15.3. The molecule has 1 aliphatic rings. The van der Waals surface area contributed by atoms with E-state index in [4.69, 9.17) is 5.26 Å². The van der Waals surface area contributed by atoms with E-state index in [1.165, 1.54) is 0 Å². The summed E-state index contributed by atoms with van der Waals surface area (Å²) in [5.74, 6) is 0. The van der Waals surface area contributed by atoms with E-state index in [2.05, 4.69) is 23.1 Å². The molecule has 0 radical (unpaired) electrons. The van der Waals surface area contributed by atoms with Gasteiger partial charge in [-0.3, -0.25) is 4.68 Å². The van der Waals surface area contributed by atoms with Crippen molar-refractivity contribution in [2.24, 2.45) is 0 Å². The Morgan fingerprint density at radius 2 is 2.13 bits per heavy atom. The topological polar surface area (TPSA) is 44.9 Å². The van der Waals surface area contributed by atoms with E-state index in [1.807, 2.05) is 17.7 Å². The zero-order valence-corrected chi connectivity index (χ0v) is 9.27. The summed E-state index contributed by atoms with van der Waals surface area (Å²) in [5.41, 5.74) is 1.63. The maximum Gasteiger partial charge on any atom is 0.162 e. The first-order chi connectivity index (χ1) is 7.20. The molecule has 1 aromatic heterocycles. The number of rotatable bonds is 1. The molecule has 0 aliphatic carbocycles. The maximum absolute atomic E-state index is 8.78. The fraction of sp³-hybridized carbons (Fsp3) is 0.636. The lowest BCUT2D eigenvalue weighted by molar-refractivity contribution is 0.210. The summed E-state index contributed by atoms with van der Waals surface area (Å²) in [7, 11) is 2.15. The second kappa shape index (κ2) is 4.03. The average molecular weight is 204 g/mol. The summed E-state index contributed by atoms with van der Waals surface area (Å²) in [4.78, 5) is 2.33. The van der Waals surface area contributed by atoms with E-state index in [0.29, 0.717) is 11.7 Å². The van der Waals surface area contributed by atoms with Crippen LogP contribution in [0.1, 0.15) is 30.3 Å². The molecule has 2 rings (SSSR count). The SMILES string of the molecule is Cc1cc(C#N)nn1C1CCN(C)CC1. The van der Waals surface area contributed by atoms with E-state index in [0.717, 1.165) is 31.6 Å². The molecule has 15 heavy (non-hydrogen) atoms. The first-order valence-corrected chi connectivity index (χ1v) is 5.35. The van der Waals surface area contributed by atoms with E-state index >= 15 is 0 Å². The van der Waals surface area contributed by atoms with Gasteiger partial charge in [0.2, 0.25) is 0 Å². The summed E-state index contributed by atoms with van der Waals surface area (Å²) in [6, 6.07) is 4.43. The van der Waals surface area contributed by atoms with Crippen LogP contribution in [-0.4, -0.2) is 34.8 Å². The predicted molar refractivity (Wildman–Crippen MR) is 57.4 cm³/mol. The van der Waals surface area contributed by atoms with Gasteiger partial charge in [0.15, 0.2) is 5.69 Å². The van der Waals surface area contributed by atoms with Crippen molar-refractivity contribution in [1.29, 1.82) is 5.26 Å². The van der Waals surface area contributed by atoms with Gasteiger partial charge < -0.3 is 4.90 Å². The van der Waals surface area contributed by atoms with Crippen LogP contribution in [0, 0.1) is 18.3 Å². The molecule has 0 saturated carbocycles. The first-order valence-electron chi connectivity index (χ1n) is 5.35. The van der Waals surface area contributed by atoms with Gasteiger partial charge in [0.25, 0.3) is 0 Å². The van der Waals surface area contributed by atoms with Crippen LogP contribution in [0.2, 0.25) is 0 Å². The molecule has 0 aromatic carbocycles. The Morgan fingerprint density at radius 1 is 1.47 bits per heavy atom. The molecule has 0 spiro atoms. The molecule has 0 bridgehead atoms. The third-order valence-electron chi connectivity index (χ3n) is 3.07. The monoisotopic (exact) mass is 204 g/mol. The van der Waals surface area contributed by atoms with Crippen molar-refractivity contribution in [3.05, 3.63) is 17.5 Å². The Bertz CT molecular complexity index is 380. The molecule has 4 nitrogen and oxygen atoms in total. The molecule has 1 saturated heterocycles. The lowest BCUT2D eigenvalue weighted by Crippen LogP contribution is -2.32. The Labute approximate surface area is 90.1 Å². The van der Waals surface area contributed by atoms with Gasteiger partial charge >= 0.3 is 0 Å². The normalized spacial score (nSPS) is 19.0. The number of piperidine rings is 1. The quantitative estimate of drug-likeness (QED) is 0.693. The minimum atomic E-state index is 0.475. The molecule has 0 unspecified atom stereocenters. The predicted octanol–water partition coefficient (Wildman–Crippen LogP) is 1.33. The summed E-state index contributed by atoms with van der Waals surface area (Å²) < 4.78 is 2.02. The van der Waals surface area contributed by atoms with Crippen molar-refractivity contribution in [3.63, 3.8) is 0 Å². The number of nitrogens with zero attached hydrogens (tertiary/aromatic N) is 4. The van der Waals surface area contributed by atoms with Gasteiger partial charge in [0, 0.05) is 5.69 Å². The van der Waals surface area contributed by atoms with Crippen LogP contribution in [-0.2, 0) is 0 Å². The van der Waals surface area contributed by atoms with Crippen molar-refractivity contribution >= 4 is 0 Å². The van der Waals surface area contributed by atoms with Crippen molar-refractivity contribution < 1.29 is 0 Å². The average Bonchev–Trinajstić information content (AvgIpc) is 2.61. The van der Waals surface area contributed by atoms with Crippen LogP contribution in [0.25, 0.3) is 0 Å². The Balaban J connectivity index is 2.16. The summed E-state index contributed by atoms with van der Waals surface area (Å²) in [5, 5.41) is 13.1. The van der Waals surface area contributed by atoms with Crippen molar-refractivity contribution in [2.75, 3.05) is 20.1 Å². The number of hydrogen-bond donors (Lipinski definition) is 0. The fourth-order valence-electron chi connectivity index (χ4n) is 2.15. The highest BCUT2D eigenvalue weighted by Crippen LogP contribution is 2.22. The van der Waals surface area contributed by atoms with Crippen LogP contribution in [0.4, 0.5) is 0 Å². The molecular formula is C11H16N4. The van der Waals surface area contributed by atoms with E-state index < -0.39 is 0 Å². The number of nitriles is 1. The minimum absolute atomic E-state index is 0.475. The molecule has 2 heterocycles. The maximum atomic E-state index is 8.78. The van der Waals surface area contributed by atoms with Gasteiger partial charge in [-0.15, -0.1) is 0 Å². The third-order valence-corrected chi connectivity index (χ3v) is 3.07. The van der Waals surface area contributed by atoms with E-state index in [-0.39, 0.29) is 0 Å². The molecular weight excluding hydrogens is 188 g/mol. The molecule has 0 N–H and O–H groups in total. The van der Waals surface area contributed by atoms with Crippen molar-refractivity contribution in [3.8, 4) is 6.07 Å². The third kappa shape index (κ3) is 2.02. The van der Waals surface area contributed by atoms with Crippen LogP contribution in [0.15, 0.2) is 6.07 Å². The Hall–Kier alpha value is -1.34. The van der Waals surface area contributed by atoms with Crippen LogP contribution < -0.4 is 0 Å². The van der Waals surface area contributed by atoms with Gasteiger partial charge in [-0.25, -0.2) is 0 Å². The lowest BCUT2D eigenvalue weighted by Gasteiger charge is -2.29. The van der Waals surface area contributed by atoms with E-state index in [9.17, 15) is 0 Å². The van der Waals surface area contributed by atoms with Gasteiger partial charge in [0.05, 0.1) is 6.04 Å². The standard InChI is InChI=1S/C11H16N4/c1-9-7-10(8-12)13-15(9)11-3-5-14(2)6-4-11/h7,11H,3-6H2,1-2H3. The van der Waals surface area contributed by atoms with Crippen molar-refractivity contribution in [1.82, 2.24) is 14.7 Å². The summed E-state index contributed by atoms with van der Waals surface area (Å²) in [6.45, 7) is 4.25. The first kappa shape index (κ1) is 10.2. The number of aromatic nitrogens is 2. The largest absolute Gasteiger partial charge is 0.306 e. The smallest absolute Gasteiger partial charge is 0.162 e. The second-order valence-electron chi connectivity index (χ2n) is 4.26. The minimum Gasteiger partial charge on any atom is -0.306 e. The number of hydrogen-bond acceptors (Lipinski definition) is 3. The van der Waals surface area contributed by atoms with Crippen molar-refractivity contribution in [2.45, 2.75) is 25.8 Å². The Morgan fingerprint density at radius 3 is 2.67 bits per heavy atom. The van der Waals surface area contributed by atoms with Gasteiger partial charge in [-0.1, -0.05) is 0 Å². The molecule has 4 heteroatoms. The second-order valence-corrected chi connectivity index (χ2v) is 4.26.